The van der Waals surface area contributed by atoms with Crippen LogP contribution in [0.4, 0.5) is 0 Å². The molecule has 19 heavy (non-hydrogen) atoms. The molecule has 0 fully saturated rings. The van der Waals surface area contributed by atoms with Crippen molar-refractivity contribution in [2.75, 3.05) is 6.61 Å². The second kappa shape index (κ2) is 7.30. The summed E-state index contributed by atoms with van der Waals surface area (Å²) in [5.74, 6) is 0.875. The molecule has 0 aliphatic carbocycles. The number of nitriles is 1. The molecule has 0 bridgehead atoms. The molecule has 0 spiro atoms. The molecule has 0 radical (unpaired) electrons. The van der Waals surface area contributed by atoms with E-state index in [4.69, 9.17) is 9.79 Å². The van der Waals surface area contributed by atoms with E-state index in [1.807, 2.05) is 31.3 Å². The van der Waals surface area contributed by atoms with Gasteiger partial charge in [0.25, 0.3) is 0 Å². The molecular formula is C13H14N3OPS. The van der Waals surface area contributed by atoms with Gasteiger partial charge in [0.05, 0.1) is 30.7 Å². The number of nitrogens with one attached hydrogen (secondary N) is 1. The van der Waals surface area contributed by atoms with Gasteiger partial charge in [-0.3, -0.25) is 0 Å². The van der Waals surface area contributed by atoms with E-state index in [9.17, 15) is 0 Å². The Labute approximate surface area is 117 Å². The number of aromatic amines is 1. The van der Waals surface area contributed by atoms with Crippen LogP contribution in [0.2, 0.25) is 0 Å². The summed E-state index contributed by atoms with van der Waals surface area (Å²) in [4.78, 5) is 8.57. The molecule has 1 heterocycles. The lowest BCUT2D eigenvalue weighted by molar-refractivity contribution is 0.374. The average molecular weight is 291 g/mol. The van der Waals surface area contributed by atoms with Crippen LogP contribution in [-0.4, -0.2) is 16.6 Å². The molecule has 98 valence electrons. The molecule has 1 atom stereocenters. The number of hydrogen-bond acceptors (Lipinski definition) is 4. The molecule has 0 saturated carbocycles. The van der Waals surface area contributed by atoms with Crippen LogP contribution in [-0.2, 0) is 4.52 Å². The van der Waals surface area contributed by atoms with E-state index in [1.165, 1.54) is 0 Å². The summed E-state index contributed by atoms with van der Waals surface area (Å²) in [7, 11) is -0.875. The maximum absolute atomic E-state index is 8.59. The van der Waals surface area contributed by atoms with Crippen molar-refractivity contribution in [3.8, 4) is 6.07 Å². The van der Waals surface area contributed by atoms with Gasteiger partial charge in [-0.2, -0.15) is 5.26 Å². The van der Waals surface area contributed by atoms with Crippen molar-refractivity contribution in [3.05, 3.63) is 42.4 Å². The quantitative estimate of drug-likeness (QED) is 0.654. The summed E-state index contributed by atoms with van der Waals surface area (Å²) >= 11 is 1.67. The van der Waals surface area contributed by atoms with Crippen molar-refractivity contribution in [1.82, 2.24) is 9.97 Å². The number of aryl methyl sites for hydroxylation is 1. The van der Waals surface area contributed by atoms with Gasteiger partial charge >= 0.3 is 0 Å². The number of H-pyrrole nitrogens is 1. The zero-order chi connectivity index (χ0) is 13.5. The SMILES string of the molecule is Cc1ncc(P(OCCC#N)Sc2ccccc2)[nH]1. The lowest BCUT2D eigenvalue weighted by Gasteiger charge is -2.14. The number of aromatic nitrogens is 2. The van der Waals surface area contributed by atoms with Gasteiger partial charge in [-0.05, 0) is 19.1 Å². The minimum Gasteiger partial charge on any atom is -0.341 e. The lowest BCUT2D eigenvalue weighted by atomic mass is 10.4. The molecule has 1 aromatic carbocycles. The highest BCUT2D eigenvalue weighted by Gasteiger charge is 2.16. The zero-order valence-corrected chi connectivity index (χ0v) is 12.2. The minimum atomic E-state index is -0.875. The Morgan fingerprint density at radius 2 is 2.21 bits per heavy atom. The predicted molar refractivity (Wildman–Crippen MR) is 78.4 cm³/mol. The third kappa shape index (κ3) is 4.36. The predicted octanol–water partition coefficient (Wildman–Crippen LogP) is 3.38. The van der Waals surface area contributed by atoms with Crippen LogP contribution >= 0.6 is 18.7 Å². The van der Waals surface area contributed by atoms with Crippen molar-refractivity contribution in [2.45, 2.75) is 18.2 Å². The molecular weight excluding hydrogens is 277 g/mol. The Kier molecular flexibility index (Phi) is 5.41. The highest BCUT2D eigenvalue weighted by molar-refractivity contribution is 8.56. The van der Waals surface area contributed by atoms with Crippen molar-refractivity contribution in [3.63, 3.8) is 0 Å². The first-order chi connectivity index (χ1) is 9.29. The van der Waals surface area contributed by atoms with Crippen molar-refractivity contribution >= 4 is 24.2 Å². The van der Waals surface area contributed by atoms with Gasteiger partial charge in [-0.25, -0.2) is 4.98 Å². The van der Waals surface area contributed by atoms with E-state index in [0.29, 0.717) is 13.0 Å². The van der Waals surface area contributed by atoms with Crippen molar-refractivity contribution < 1.29 is 4.52 Å². The van der Waals surface area contributed by atoms with Crippen molar-refractivity contribution in [2.24, 2.45) is 0 Å². The first kappa shape index (κ1) is 14.1. The Morgan fingerprint density at radius 1 is 1.42 bits per heavy atom. The molecule has 2 rings (SSSR count). The summed E-state index contributed by atoms with van der Waals surface area (Å²) in [5, 5.41) is 8.59. The zero-order valence-electron chi connectivity index (χ0n) is 10.5. The number of hydrogen-bond donors (Lipinski definition) is 1. The molecule has 0 aliphatic rings. The summed E-state index contributed by atoms with van der Waals surface area (Å²) in [5.41, 5.74) is 0.985. The maximum atomic E-state index is 8.59. The van der Waals surface area contributed by atoms with E-state index in [-0.39, 0.29) is 0 Å². The Bertz CT molecular complexity index is 553. The van der Waals surface area contributed by atoms with Crippen LogP contribution in [0.3, 0.4) is 0 Å². The van der Waals surface area contributed by atoms with Gasteiger partial charge in [0.1, 0.15) is 13.2 Å². The number of benzene rings is 1. The Hall–Kier alpha value is -1.34. The monoisotopic (exact) mass is 291 g/mol. The topological polar surface area (TPSA) is 61.7 Å². The minimum absolute atomic E-state index is 0.404. The number of imidazole rings is 1. The Balaban J connectivity index is 2.08. The lowest BCUT2D eigenvalue weighted by Crippen LogP contribution is -2.03. The summed E-state index contributed by atoms with van der Waals surface area (Å²) in [6.07, 6.45) is 2.21. The van der Waals surface area contributed by atoms with Crippen LogP contribution < -0.4 is 5.44 Å². The van der Waals surface area contributed by atoms with E-state index >= 15 is 0 Å². The van der Waals surface area contributed by atoms with Gasteiger partial charge in [0, 0.05) is 4.90 Å². The van der Waals surface area contributed by atoms with Gasteiger partial charge < -0.3 is 9.51 Å². The van der Waals surface area contributed by atoms with E-state index < -0.39 is 7.35 Å². The van der Waals surface area contributed by atoms with E-state index in [0.717, 1.165) is 16.2 Å². The van der Waals surface area contributed by atoms with Crippen LogP contribution in [0.25, 0.3) is 0 Å². The molecule has 2 aromatic rings. The molecule has 1 unspecified atom stereocenters. The molecule has 0 amide bonds. The fourth-order valence-electron chi connectivity index (χ4n) is 1.40. The van der Waals surface area contributed by atoms with Crippen molar-refractivity contribution in [1.29, 1.82) is 5.26 Å². The summed E-state index contributed by atoms with van der Waals surface area (Å²) < 4.78 is 5.82. The van der Waals surface area contributed by atoms with Gasteiger partial charge in [0.15, 0.2) is 0 Å². The third-order valence-electron chi connectivity index (χ3n) is 2.24. The summed E-state index contributed by atoms with van der Waals surface area (Å²) in [6.45, 7) is 2.36. The third-order valence-corrected chi connectivity index (χ3v) is 5.96. The molecule has 6 heteroatoms. The van der Waals surface area contributed by atoms with Gasteiger partial charge in [0.2, 0.25) is 0 Å². The fourth-order valence-corrected chi connectivity index (χ4v) is 4.71. The van der Waals surface area contributed by atoms with Gasteiger partial charge in [-0.15, -0.1) is 0 Å². The molecule has 4 nitrogen and oxygen atoms in total. The standard InChI is InChI=1S/C13H14N3OPS/c1-11-15-10-13(16-11)18(17-9-5-8-14)19-12-6-3-2-4-7-12/h2-4,6-7,10H,5,9H2,1H3,(H,15,16). The normalized spacial score (nSPS) is 12.0. The molecule has 0 saturated heterocycles. The second-order valence-corrected chi connectivity index (χ2v) is 7.21. The second-order valence-electron chi connectivity index (χ2n) is 3.76. The van der Waals surface area contributed by atoms with Crippen LogP contribution in [0, 0.1) is 18.3 Å². The smallest absolute Gasteiger partial charge is 0.144 e. The maximum Gasteiger partial charge on any atom is 0.144 e. The van der Waals surface area contributed by atoms with Crippen LogP contribution in [0.15, 0.2) is 41.4 Å². The number of nitrogens with zero attached hydrogens (tertiary/aromatic N) is 2. The highest BCUT2D eigenvalue weighted by atomic mass is 32.7. The Morgan fingerprint density at radius 3 is 2.84 bits per heavy atom. The number of rotatable bonds is 6. The van der Waals surface area contributed by atoms with Crippen LogP contribution in [0.1, 0.15) is 12.2 Å². The molecule has 0 aliphatic heterocycles. The average Bonchev–Trinajstić information content (AvgIpc) is 2.86. The molecule has 1 aromatic heterocycles. The van der Waals surface area contributed by atoms with E-state index in [2.05, 4.69) is 28.2 Å². The first-order valence-corrected chi connectivity index (χ1v) is 8.52. The first-order valence-electron chi connectivity index (χ1n) is 5.84. The highest BCUT2D eigenvalue weighted by Crippen LogP contribution is 2.53. The summed E-state index contributed by atoms with van der Waals surface area (Å²) in [6, 6.07) is 12.2. The fraction of sp³-hybridized carbons (Fsp3) is 0.231. The largest absolute Gasteiger partial charge is 0.341 e. The van der Waals surface area contributed by atoms with E-state index in [1.54, 1.807) is 11.4 Å². The van der Waals surface area contributed by atoms with Gasteiger partial charge in [-0.1, -0.05) is 29.6 Å². The van der Waals surface area contributed by atoms with Crippen LogP contribution in [0.5, 0.6) is 0 Å². The molecule has 1 N–H and O–H groups in total.